The molecular weight excluding hydrogens is 258 g/mol. The zero-order valence-corrected chi connectivity index (χ0v) is 11.2. The van der Waals surface area contributed by atoms with E-state index >= 15 is 0 Å². The molecule has 0 spiro atoms. The number of benzene rings is 1. The molecule has 0 bridgehead atoms. The molecule has 6 heteroatoms. The molecule has 104 valence electrons. The van der Waals surface area contributed by atoms with Crippen LogP contribution in [0.4, 0.5) is 5.82 Å². The number of aliphatic carboxylic acids is 1. The summed E-state index contributed by atoms with van der Waals surface area (Å²) in [6.07, 6.45) is 0.596. The second kappa shape index (κ2) is 4.80. The van der Waals surface area contributed by atoms with Crippen molar-refractivity contribution in [2.24, 2.45) is 0 Å². The van der Waals surface area contributed by atoms with Gasteiger partial charge in [-0.2, -0.15) is 5.10 Å². The number of hydrogen-bond acceptors (Lipinski definition) is 4. The van der Waals surface area contributed by atoms with Gasteiger partial charge in [-0.15, -0.1) is 0 Å². The third kappa shape index (κ3) is 2.05. The van der Waals surface area contributed by atoms with Gasteiger partial charge in [-0.05, 0) is 13.8 Å². The van der Waals surface area contributed by atoms with Crippen molar-refractivity contribution < 1.29 is 14.7 Å². The van der Waals surface area contributed by atoms with Gasteiger partial charge in [0.05, 0.1) is 5.56 Å². The Labute approximate surface area is 115 Å². The Bertz CT molecular complexity index is 660. The Morgan fingerprint density at radius 1 is 1.35 bits per heavy atom. The maximum Gasteiger partial charge on any atom is 0.331 e. The predicted octanol–water partition coefficient (Wildman–Crippen LogP) is 1.76. The van der Waals surface area contributed by atoms with E-state index < -0.39 is 11.5 Å². The third-order valence-electron chi connectivity index (χ3n) is 3.18. The molecule has 0 saturated heterocycles. The fourth-order valence-electron chi connectivity index (χ4n) is 1.89. The first kappa shape index (κ1) is 13.8. The summed E-state index contributed by atoms with van der Waals surface area (Å²) >= 11 is 0. The lowest BCUT2D eigenvalue weighted by molar-refractivity contribution is -0.146. The minimum absolute atomic E-state index is 0.0475. The van der Waals surface area contributed by atoms with Gasteiger partial charge in [-0.25, -0.2) is 9.48 Å². The van der Waals surface area contributed by atoms with Crippen molar-refractivity contribution in [1.29, 1.82) is 0 Å². The quantitative estimate of drug-likeness (QED) is 0.827. The van der Waals surface area contributed by atoms with Crippen molar-refractivity contribution in [2.45, 2.75) is 19.4 Å². The highest BCUT2D eigenvalue weighted by Gasteiger charge is 2.34. The van der Waals surface area contributed by atoms with Crippen LogP contribution >= 0.6 is 0 Å². The molecule has 0 saturated carbocycles. The number of rotatable bonds is 4. The van der Waals surface area contributed by atoms with Crippen LogP contribution in [0.3, 0.4) is 0 Å². The number of anilines is 1. The van der Waals surface area contributed by atoms with E-state index in [0.717, 1.165) is 0 Å². The standard InChI is InChI=1S/C14H15N3O3/c1-14(2,13(19)20)17-12(15)10(8-18)11(16-17)9-6-4-3-5-7-9/h3-8H,15H2,1-2H3,(H,19,20). The third-order valence-corrected chi connectivity index (χ3v) is 3.18. The minimum Gasteiger partial charge on any atom is -0.479 e. The molecule has 0 aliphatic carbocycles. The van der Waals surface area contributed by atoms with E-state index in [1.165, 1.54) is 18.5 Å². The zero-order valence-electron chi connectivity index (χ0n) is 11.2. The van der Waals surface area contributed by atoms with E-state index in [2.05, 4.69) is 5.10 Å². The van der Waals surface area contributed by atoms with Crippen LogP contribution in [0.1, 0.15) is 24.2 Å². The van der Waals surface area contributed by atoms with Crippen LogP contribution in [-0.4, -0.2) is 27.1 Å². The normalized spacial score (nSPS) is 11.3. The van der Waals surface area contributed by atoms with E-state index in [1.807, 2.05) is 18.2 Å². The minimum atomic E-state index is -1.34. The van der Waals surface area contributed by atoms with Gasteiger partial charge in [-0.1, -0.05) is 30.3 Å². The van der Waals surface area contributed by atoms with Crippen LogP contribution in [0.5, 0.6) is 0 Å². The van der Waals surface area contributed by atoms with Crippen LogP contribution in [0.25, 0.3) is 11.3 Å². The van der Waals surface area contributed by atoms with E-state index in [9.17, 15) is 14.7 Å². The number of aldehydes is 1. The highest BCUT2D eigenvalue weighted by Crippen LogP contribution is 2.29. The van der Waals surface area contributed by atoms with Gasteiger partial charge < -0.3 is 10.8 Å². The fraction of sp³-hybridized carbons (Fsp3) is 0.214. The van der Waals surface area contributed by atoms with Gasteiger partial charge >= 0.3 is 5.97 Å². The van der Waals surface area contributed by atoms with Crippen molar-refractivity contribution in [1.82, 2.24) is 9.78 Å². The molecule has 0 aliphatic rings. The summed E-state index contributed by atoms with van der Waals surface area (Å²) in [6.45, 7) is 2.95. The molecule has 2 aromatic rings. The van der Waals surface area contributed by atoms with Crippen LogP contribution in [-0.2, 0) is 10.3 Å². The number of nitrogen functional groups attached to an aromatic ring is 1. The van der Waals surface area contributed by atoms with E-state index in [4.69, 9.17) is 5.73 Å². The Morgan fingerprint density at radius 2 is 1.95 bits per heavy atom. The average Bonchev–Trinajstić information content (AvgIpc) is 2.77. The molecule has 0 unspecified atom stereocenters. The van der Waals surface area contributed by atoms with Crippen LogP contribution in [0.15, 0.2) is 30.3 Å². The van der Waals surface area contributed by atoms with E-state index in [0.29, 0.717) is 17.5 Å². The molecule has 0 amide bonds. The monoisotopic (exact) mass is 273 g/mol. The molecule has 0 radical (unpaired) electrons. The molecule has 1 aromatic heterocycles. The molecule has 0 fully saturated rings. The molecule has 1 heterocycles. The van der Waals surface area contributed by atoms with E-state index in [-0.39, 0.29) is 11.4 Å². The number of carbonyl (C=O) groups excluding carboxylic acids is 1. The summed E-state index contributed by atoms with van der Waals surface area (Å²) in [5.74, 6) is -1.03. The number of aromatic nitrogens is 2. The summed E-state index contributed by atoms with van der Waals surface area (Å²) < 4.78 is 1.17. The summed E-state index contributed by atoms with van der Waals surface area (Å²) in [5.41, 5.74) is 5.83. The van der Waals surface area contributed by atoms with Crippen molar-refractivity contribution in [3.05, 3.63) is 35.9 Å². The predicted molar refractivity (Wildman–Crippen MR) is 74.4 cm³/mol. The highest BCUT2D eigenvalue weighted by molar-refractivity contribution is 5.92. The maximum absolute atomic E-state index is 11.3. The second-order valence-electron chi connectivity index (χ2n) is 4.91. The van der Waals surface area contributed by atoms with Gasteiger partial charge in [0, 0.05) is 5.56 Å². The van der Waals surface area contributed by atoms with Gasteiger partial charge in [0.2, 0.25) is 0 Å². The lowest BCUT2D eigenvalue weighted by Crippen LogP contribution is -2.37. The number of carboxylic acids is 1. The van der Waals surface area contributed by atoms with Crippen molar-refractivity contribution in [3.8, 4) is 11.3 Å². The average molecular weight is 273 g/mol. The highest BCUT2D eigenvalue weighted by atomic mass is 16.4. The van der Waals surface area contributed by atoms with Gasteiger partial charge in [0.15, 0.2) is 11.8 Å². The Kier molecular flexibility index (Phi) is 3.31. The maximum atomic E-state index is 11.3. The topological polar surface area (TPSA) is 98.2 Å². The lowest BCUT2D eigenvalue weighted by atomic mass is 10.1. The van der Waals surface area contributed by atoms with Crippen molar-refractivity contribution in [2.75, 3.05) is 5.73 Å². The molecule has 1 aromatic carbocycles. The first-order valence-corrected chi connectivity index (χ1v) is 6.02. The molecule has 20 heavy (non-hydrogen) atoms. The number of carbonyl (C=O) groups is 2. The smallest absolute Gasteiger partial charge is 0.331 e. The second-order valence-corrected chi connectivity index (χ2v) is 4.91. The summed E-state index contributed by atoms with van der Waals surface area (Å²) in [4.78, 5) is 22.6. The van der Waals surface area contributed by atoms with Crippen LogP contribution in [0, 0.1) is 0 Å². The van der Waals surface area contributed by atoms with Gasteiger partial charge in [0.25, 0.3) is 0 Å². The SMILES string of the molecule is CC(C)(C(=O)O)n1nc(-c2ccccc2)c(C=O)c1N. The number of carboxylic acid groups (broad SMARTS) is 1. The number of hydrogen-bond donors (Lipinski definition) is 2. The number of nitrogens with zero attached hydrogens (tertiary/aromatic N) is 2. The Balaban J connectivity index is 2.68. The summed E-state index contributed by atoms with van der Waals surface area (Å²) in [7, 11) is 0. The molecular formula is C14H15N3O3. The summed E-state index contributed by atoms with van der Waals surface area (Å²) in [5, 5.41) is 13.5. The van der Waals surface area contributed by atoms with Crippen LogP contribution in [0.2, 0.25) is 0 Å². The summed E-state index contributed by atoms with van der Waals surface area (Å²) in [6, 6.07) is 9.02. The lowest BCUT2D eigenvalue weighted by Gasteiger charge is -2.21. The molecule has 6 nitrogen and oxygen atoms in total. The van der Waals surface area contributed by atoms with Gasteiger partial charge in [-0.3, -0.25) is 4.79 Å². The zero-order chi connectivity index (χ0) is 14.9. The molecule has 0 atom stereocenters. The van der Waals surface area contributed by atoms with Crippen molar-refractivity contribution in [3.63, 3.8) is 0 Å². The fourth-order valence-corrected chi connectivity index (χ4v) is 1.89. The molecule has 2 rings (SSSR count). The van der Waals surface area contributed by atoms with Crippen molar-refractivity contribution >= 4 is 18.1 Å². The largest absolute Gasteiger partial charge is 0.479 e. The first-order valence-electron chi connectivity index (χ1n) is 6.02. The Hall–Kier alpha value is -2.63. The van der Waals surface area contributed by atoms with E-state index in [1.54, 1.807) is 12.1 Å². The number of nitrogens with two attached hydrogens (primary N) is 1. The van der Waals surface area contributed by atoms with Crippen LogP contribution < -0.4 is 5.73 Å². The first-order chi connectivity index (χ1) is 9.39. The van der Waals surface area contributed by atoms with Gasteiger partial charge in [0.1, 0.15) is 11.5 Å². The molecule has 3 N–H and O–H groups in total. The Morgan fingerprint density at radius 3 is 2.45 bits per heavy atom. The molecule has 0 aliphatic heterocycles.